The highest BCUT2D eigenvalue weighted by Crippen LogP contribution is 2.34. The molecule has 3 N–H and O–H groups in total. The number of amides is 1. The maximum absolute atomic E-state index is 12.3. The molecule has 30 heavy (non-hydrogen) atoms. The molecule has 0 saturated carbocycles. The van der Waals surface area contributed by atoms with Crippen molar-refractivity contribution in [3.05, 3.63) is 34.1 Å². The number of hydrogen-bond donors (Lipinski definition) is 2. The van der Waals surface area contributed by atoms with Crippen molar-refractivity contribution in [3.8, 4) is 0 Å². The van der Waals surface area contributed by atoms with Gasteiger partial charge in [-0.2, -0.15) is 0 Å². The summed E-state index contributed by atoms with van der Waals surface area (Å²) in [4.78, 5) is 56.3. The largest absolute Gasteiger partial charge is 0.462 e. The van der Waals surface area contributed by atoms with Crippen LogP contribution in [-0.4, -0.2) is 53.6 Å². The second kappa shape index (κ2) is 10.3. The van der Waals surface area contributed by atoms with E-state index in [2.05, 4.69) is 15.3 Å². The van der Waals surface area contributed by atoms with Crippen LogP contribution in [0.4, 0.5) is 10.8 Å². The van der Waals surface area contributed by atoms with Crippen LogP contribution in [0.5, 0.6) is 0 Å². The van der Waals surface area contributed by atoms with Crippen molar-refractivity contribution < 1.29 is 33.4 Å². The van der Waals surface area contributed by atoms with Crippen molar-refractivity contribution in [2.24, 2.45) is 0 Å². The van der Waals surface area contributed by atoms with Crippen molar-refractivity contribution in [2.75, 3.05) is 30.9 Å². The van der Waals surface area contributed by atoms with Gasteiger partial charge in [-0.15, -0.1) is 11.3 Å². The van der Waals surface area contributed by atoms with E-state index in [4.69, 9.17) is 19.9 Å². The topological polar surface area (TPSA) is 160 Å². The molecule has 2 aromatic heterocycles. The molecule has 0 aliphatic heterocycles. The number of rotatable bonds is 8. The van der Waals surface area contributed by atoms with Gasteiger partial charge in [0.25, 0.3) is 5.91 Å². The molecule has 2 aromatic rings. The van der Waals surface area contributed by atoms with Crippen LogP contribution in [0.25, 0.3) is 0 Å². The van der Waals surface area contributed by atoms with E-state index < -0.39 is 30.4 Å². The molecule has 12 heteroatoms. The molecule has 2 rings (SSSR count). The number of hydrogen-bond acceptors (Lipinski definition) is 11. The first-order chi connectivity index (χ1) is 14.3. The molecule has 0 bridgehead atoms. The number of thiophene rings is 1. The predicted octanol–water partition coefficient (Wildman–Crippen LogP) is 1.58. The second-order valence-corrected chi connectivity index (χ2v) is 6.64. The number of carbonyl (C=O) groups is 4. The number of carbonyl (C=O) groups excluding carboxylic acids is 4. The molecule has 1 amide bonds. The van der Waals surface area contributed by atoms with Crippen LogP contribution in [0.2, 0.25) is 0 Å². The van der Waals surface area contributed by atoms with Gasteiger partial charge in [0.05, 0.1) is 18.8 Å². The van der Waals surface area contributed by atoms with Gasteiger partial charge in [-0.05, 0) is 26.3 Å². The van der Waals surface area contributed by atoms with Gasteiger partial charge in [0, 0.05) is 12.4 Å². The fraction of sp³-hybridized carbons (Fsp3) is 0.333. The average molecular weight is 436 g/mol. The van der Waals surface area contributed by atoms with Gasteiger partial charge in [0.2, 0.25) is 0 Å². The number of esters is 3. The number of ether oxygens (including phenoxy) is 3. The first kappa shape index (κ1) is 22.7. The zero-order valence-electron chi connectivity index (χ0n) is 16.5. The van der Waals surface area contributed by atoms with Crippen LogP contribution in [0.15, 0.2) is 12.4 Å². The molecule has 160 valence electrons. The molecule has 0 aromatic carbocycles. The third-order valence-corrected chi connectivity index (χ3v) is 4.78. The van der Waals surface area contributed by atoms with E-state index in [1.165, 1.54) is 12.4 Å². The van der Waals surface area contributed by atoms with Gasteiger partial charge in [-0.3, -0.25) is 4.79 Å². The van der Waals surface area contributed by atoms with Gasteiger partial charge < -0.3 is 25.3 Å². The number of aromatic nitrogens is 2. The van der Waals surface area contributed by atoms with Gasteiger partial charge in [-0.1, -0.05) is 0 Å². The van der Waals surface area contributed by atoms with E-state index in [0.29, 0.717) is 5.56 Å². The van der Waals surface area contributed by atoms with Crippen LogP contribution in [0, 0.1) is 6.92 Å². The van der Waals surface area contributed by atoms with Crippen LogP contribution in [0.3, 0.4) is 0 Å². The molecule has 0 saturated heterocycles. The first-order valence-electron chi connectivity index (χ1n) is 8.81. The van der Waals surface area contributed by atoms with Crippen molar-refractivity contribution in [2.45, 2.75) is 20.8 Å². The van der Waals surface area contributed by atoms with Gasteiger partial charge in [0.1, 0.15) is 9.88 Å². The molecular weight excluding hydrogens is 416 g/mol. The van der Waals surface area contributed by atoms with E-state index in [9.17, 15) is 19.2 Å². The summed E-state index contributed by atoms with van der Waals surface area (Å²) in [5, 5.41) is 2.53. The maximum Gasteiger partial charge on any atom is 0.361 e. The molecule has 0 atom stereocenters. The highest BCUT2D eigenvalue weighted by molar-refractivity contribution is 7.18. The Labute approximate surface area is 175 Å². The van der Waals surface area contributed by atoms with E-state index in [1.807, 2.05) is 0 Å². The third kappa shape index (κ3) is 5.29. The van der Waals surface area contributed by atoms with Gasteiger partial charge in [-0.25, -0.2) is 24.4 Å². The van der Waals surface area contributed by atoms with Crippen LogP contribution >= 0.6 is 11.3 Å². The normalized spacial score (nSPS) is 10.2. The quantitative estimate of drug-likeness (QED) is 0.459. The Morgan fingerprint density at radius 2 is 1.63 bits per heavy atom. The fourth-order valence-electron chi connectivity index (χ4n) is 2.31. The van der Waals surface area contributed by atoms with Crippen molar-refractivity contribution in [1.29, 1.82) is 0 Å². The SMILES string of the molecule is CCOC(=O)c1sc(NC(=O)COC(=O)c2nccnc2N)c(C(=O)OCC)c1C. The monoisotopic (exact) mass is 436 g/mol. The van der Waals surface area contributed by atoms with Crippen LogP contribution < -0.4 is 11.1 Å². The Morgan fingerprint density at radius 3 is 2.27 bits per heavy atom. The average Bonchev–Trinajstić information content (AvgIpc) is 3.02. The highest BCUT2D eigenvalue weighted by Gasteiger charge is 2.27. The summed E-state index contributed by atoms with van der Waals surface area (Å²) in [7, 11) is 0. The molecule has 2 heterocycles. The highest BCUT2D eigenvalue weighted by atomic mass is 32.1. The lowest BCUT2D eigenvalue weighted by atomic mass is 10.1. The fourth-order valence-corrected chi connectivity index (χ4v) is 3.42. The molecule has 0 aliphatic rings. The molecule has 0 spiro atoms. The lowest BCUT2D eigenvalue weighted by Gasteiger charge is -2.08. The van der Waals surface area contributed by atoms with Crippen molar-refractivity contribution >= 4 is 46.0 Å². The number of nitrogen functional groups attached to an aromatic ring is 1. The number of nitrogens with two attached hydrogens (primary N) is 1. The maximum atomic E-state index is 12.3. The first-order valence-corrected chi connectivity index (χ1v) is 9.62. The predicted molar refractivity (Wildman–Crippen MR) is 106 cm³/mol. The van der Waals surface area contributed by atoms with Gasteiger partial charge in [0.15, 0.2) is 18.1 Å². The smallest absolute Gasteiger partial charge is 0.361 e. The minimum absolute atomic E-state index is 0.0303. The number of anilines is 2. The Kier molecular flexibility index (Phi) is 7.81. The van der Waals surface area contributed by atoms with E-state index in [0.717, 1.165) is 11.3 Å². The second-order valence-electron chi connectivity index (χ2n) is 5.62. The lowest BCUT2D eigenvalue weighted by Crippen LogP contribution is -2.22. The summed E-state index contributed by atoms with van der Waals surface area (Å²) in [6.45, 7) is 4.39. The molecule has 0 fully saturated rings. The molecule has 0 radical (unpaired) electrons. The van der Waals surface area contributed by atoms with E-state index >= 15 is 0 Å². The minimum atomic E-state index is -0.934. The third-order valence-electron chi connectivity index (χ3n) is 3.59. The van der Waals surface area contributed by atoms with Crippen molar-refractivity contribution in [1.82, 2.24) is 9.97 Å². The minimum Gasteiger partial charge on any atom is -0.462 e. The summed E-state index contributed by atoms with van der Waals surface area (Å²) < 4.78 is 14.9. The zero-order valence-corrected chi connectivity index (χ0v) is 17.3. The molecule has 0 aliphatic carbocycles. The summed E-state index contributed by atoms with van der Waals surface area (Å²) in [5.74, 6) is -3.15. The number of nitrogens with zero attached hydrogens (tertiary/aromatic N) is 2. The van der Waals surface area contributed by atoms with E-state index in [-0.39, 0.29) is 40.2 Å². The molecule has 0 unspecified atom stereocenters. The summed E-state index contributed by atoms with van der Waals surface area (Å²) in [5.41, 5.74) is 5.66. The van der Waals surface area contributed by atoms with Gasteiger partial charge >= 0.3 is 17.9 Å². The summed E-state index contributed by atoms with van der Waals surface area (Å²) >= 11 is 0.860. The van der Waals surface area contributed by atoms with E-state index in [1.54, 1.807) is 20.8 Å². The Balaban J connectivity index is 2.17. The summed E-state index contributed by atoms with van der Waals surface area (Å²) in [6, 6.07) is 0. The Hall–Kier alpha value is -3.54. The lowest BCUT2D eigenvalue weighted by molar-refractivity contribution is -0.119. The molecule has 11 nitrogen and oxygen atoms in total. The summed E-state index contributed by atoms with van der Waals surface area (Å²) in [6.07, 6.45) is 2.56. The number of nitrogens with one attached hydrogen (secondary N) is 1. The van der Waals surface area contributed by atoms with Crippen LogP contribution in [-0.2, 0) is 19.0 Å². The standard InChI is InChI=1S/C18H20N4O7S/c1-4-27-16(24)11-9(3)13(18(26)28-5-2)30-15(11)22-10(23)8-29-17(25)12-14(19)21-7-6-20-12/h6-7H,4-5,8H2,1-3H3,(H2,19,21)(H,22,23). The molecular formula is C18H20N4O7S. The Bertz CT molecular complexity index is 973. The van der Waals surface area contributed by atoms with Crippen LogP contribution in [0.1, 0.15) is 49.9 Å². The Morgan fingerprint density at radius 1 is 1.00 bits per heavy atom. The van der Waals surface area contributed by atoms with Crippen molar-refractivity contribution in [3.63, 3.8) is 0 Å². The zero-order chi connectivity index (χ0) is 22.3.